The molecule has 0 unspecified atom stereocenters. The second-order valence-electron chi connectivity index (χ2n) is 15.5. The molecule has 4 heterocycles. The molecule has 0 atom stereocenters. The topological polar surface area (TPSA) is 71.5 Å². The van der Waals surface area contributed by atoms with E-state index in [1.807, 2.05) is 42.5 Å². The molecule has 0 aliphatic heterocycles. The van der Waals surface area contributed by atoms with Crippen molar-refractivity contribution in [2.24, 2.45) is 0 Å². The predicted molar refractivity (Wildman–Crippen MR) is 259 cm³/mol. The summed E-state index contributed by atoms with van der Waals surface area (Å²) in [6.07, 6.45) is 0. The van der Waals surface area contributed by atoms with Crippen LogP contribution >= 0.6 is 11.3 Å². The molecule has 0 aliphatic rings. The Kier molecular flexibility index (Phi) is 8.40. The van der Waals surface area contributed by atoms with E-state index in [4.69, 9.17) is 9.97 Å². The zero-order chi connectivity index (χ0) is 41.1. The summed E-state index contributed by atoms with van der Waals surface area (Å²) in [7, 11) is 0. The van der Waals surface area contributed by atoms with Gasteiger partial charge in [-0.15, -0.1) is 11.3 Å². The van der Waals surface area contributed by atoms with Gasteiger partial charge >= 0.3 is 0 Å². The summed E-state index contributed by atoms with van der Waals surface area (Å²) in [4.78, 5) is 10.9. The molecule has 0 bridgehead atoms. The van der Waals surface area contributed by atoms with Gasteiger partial charge in [-0.2, -0.15) is 0 Å². The van der Waals surface area contributed by atoms with Gasteiger partial charge in [0.25, 0.3) is 0 Å². The van der Waals surface area contributed by atoms with E-state index in [-0.39, 0.29) is 5.71 Å². The summed E-state index contributed by atoms with van der Waals surface area (Å²) in [5.41, 5.74) is 16.3. The maximum Gasteiger partial charge on any atom is 0.180 e. The maximum atomic E-state index is 9.88. The van der Waals surface area contributed by atoms with Crippen molar-refractivity contribution in [1.29, 1.82) is 5.41 Å². The fourth-order valence-electron chi connectivity index (χ4n) is 8.90. The van der Waals surface area contributed by atoms with Crippen molar-refractivity contribution in [2.45, 2.75) is 0 Å². The second kappa shape index (κ2) is 14.6. The minimum Gasteiger partial charge on any atom is -0.309 e. The van der Waals surface area contributed by atoms with E-state index in [1.54, 1.807) is 11.3 Å². The Morgan fingerprint density at radius 1 is 0.435 bits per heavy atom. The third kappa shape index (κ3) is 5.90. The molecule has 0 amide bonds. The summed E-state index contributed by atoms with van der Waals surface area (Å²) in [5.74, 6) is 0.369. The molecule has 0 saturated carbocycles. The Morgan fingerprint density at radius 2 is 0.968 bits per heavy atom. The van der Waals surface area contributed by atoms with E-state index in [0.29, 0.717) is 5.82 Å². The van der Waals surface area contributed by atoms with Crippen molar-refractivity contribution in [1.82, 2.24) is 19.2 Å². The summed E-state index contributed by atoms with van der Waals surface area (Å²) in [6, 6.07) is 72.0. The normalized spacial score (nSPS) is 11.6. The van der Waals surface area contributed by atoms with E-state index in [0.717, 1.165) is 81.8 Å². The first-order valence-electron chi connectivity index (χ1n) is 20.7. The number of hydrogen-bond donors (Lipinski definition) is 2. The molecule has 0 saturated heterocycles. The van der Waals surface area contributed by atoms with E-state index in [1.165, 1.54) is 21.8 Å². The standard InChI is InChI=1S/C55H36N6S/c56-52(55-57-45(35-16-4-1-5-17-35)34-46(58-55)36-18-6-2-7-19-36)54-53(43-24-12-15-27-51(43)62-54)59-61-49-26-14-11-22-40(49)42-30-28-38(33-50(42)61)37-29-31-48-44(32-37)41-23-10-13-25-47(41)60(48)39-20-8-3-9-21-39/h1-34,56,59H. The van der Waals surface area contributed by atoms with Crippen molar-refractivity contribution in [3.63, 3.8) is 0 Å². The number of nitrogens with one attached hydrogen (secondary N) is 2. The fraction of sp³-hybridized carbons (Fsp3) is 0. The molecule has 62 heavy (non-hydrogen) atoms. The predicted octanol–water partition coefficient (Wildman–Crippen LogP) is 14.2. The number of hydrogen-bond acceptors (Lipinski definition) is 5. The van der Waals surface area contributed by atoms with Gasteiger partial charge < -0.3 is 4.57 Å². The van der Waals surface area contributed by atoms with Crippen LogP contribution in [0.5, 0.6) is 0 Å². The highest BCUT2D eigenvalue weighted by Crippen LogP contribution is 2.41. The van der Waals surface area contributed by atoms with Crippen molar-refractivity contribution >= 4 is 76.4 Å². The van der Waals surface area contributed by atoms with Gasteiger partial charge in [0.1, 0.15) is 5.71 Å². The van der Waals surface area contributed by atoms with Gasteiger partial charge in [-0.05, 0) is 65.7 Å². The van der Waals surface area contributed by atoms with E-state index >= 15 is 0 Å². The first-order valence-corrected chi connectivity index (χ1v) is 21.5. The molecule has 292 valence electrons. The van der Waals surface area contributed by atoms with Crippen LogP contribution in [0.3, 0.4) is 0 Å². The SMILES string of the molecule is N=C(c1nc(-c2ccccc2)cc(-c2ccccc2)n1)c1sc2ccccc2c1Nn1c2ccccc2c2ccc(-c3ccc4c(c3)c3ccccc3n4-c3ccccc3)cc21. The molecule has 8 aromatic carbocycles. The lowest BCUT2D eigenvalue weighted by Crippen LogP contribution is -2.13. The highest BCUT2D eigenvalue weighted by Gasteiger charge is 2.23. The molecule has 7 heteroatoms. The number of benzene rings is 8. The summed E-state index contributed by atoms with van der Waals surface area (Å²) < 4.78 is 5.61. The van der Waals surface area contributed by atoms with Crippen molar-refractivity contribution in [3.8, 4) is 39.3 Å². The maximum absolute atomic E-state index is 9.88. The Hall–Kier alpha value is -8.13. The number of rotatable bonds is 8. The van der Waals surface area contributed by atoms with Gasteiger partial charge in [0.2, 0.25) is 0 Å². The van der Waals surface area contributed by atoms with Crippen molar-refractivity contribution in [3.05, 3.63) is 217 Å². The average molecular weight is 813 g/mol. The van der Waals surface area contributed by atoms with Gasteiger partial charge in [-0.3, -0.25) is 15.5 Å². The molecular formula is C55H36N6S. The van der Waals surface area contributed by atoms with Gasteiger partial charge in [-0.25, -0.2) is 9.97 Å². The van der Waals surface area contributed by atoms with Crippen LogP contribution < -0.4 is 5.43 Å². The minimum atomic E-state index is 0.257. The first-order chi connectivity index (χ1) is 30.7. The molecule has 0 spiro atoms. The highest BCUT2D eigenvalue weighted by molar-refractivity contribution is 7.21. The van der Waals surface area contributed by atoms with Crippen LogP contribution in [-0.4, -0.2) is 24.9 Å². The van der Waals surface area contributed by atoms with Crippen LogP contribution in [0.15, 0.2) is 206 Å². The molecule has 0 fully saturated rings. The molecular weight excluding hydrogens is 777 g/mol. The number of aromatic nitrogens is 4. The van der Waals surface area contributed by atoms with Crippen molar-refractivity contribution < 1.29 is 0 Å². The largest absolute Gasteiger partial charge is 0.309 e. The smallest absolute Gasteiger partial charge is 0.180 e. The number of para-hydroxylation sites is 3. The monoisotopic (exact) mass is 812 g/mol. The molecule has 0 radical (unpaired) electrons. The number of fused-ring (bicyclic) bond motifs is 7. The van der Waals surface area contributed by atoms with Crippen LogP contribution in [0.1, 0.15) is 10.7 Å². The zero-order valence-electron chi connectivity index (χ0n) is 33.3. The third-order valence-electron chi connectivity index (χ3n) is 11.8. The van der Waals surface area contributed by atoms with Crippen LogP contribution in [0, 0.1) is 5.41 Å². The quantitative estimate of drug-likeness (QED) is 0.150. The van der Waals surface area contributed by atoms with Gasteiger partial charge in [-0.1, -0.05) is 152 Å². The second-order valence-corrected chi connectivity index (χ2v) is 16.5. The molecule has 4 aromatic heterocycles. The summed E-state index contributed by atoms with van der Waals surface area (Å²) in [5, 5.41) is 15.6. The third-order valence-corrected chi connectivity index (χ3v) is 13.0. The Labute approximate surface area is 361 Å². The molecule has 2 N–H and O–H groups in total. The Balaban J connectivity index is 1.01. The van der Waals surface area contributed by atoms with E-state index < -0.39 is 0 Å². The fourth-order valence-corrected chi connectivity index (χ4v) is 9.99. The zero-order valence-corrected chi connectivity index (χ0v) is 34.1. The Bertz CT molecular complexity index is 3620. The first kappa shape index (κ1) is 35.8. The minimum absolute atomic E-state index is 0.257. The molecule has 0 aliphatic carbocycles. The van der Waals surface area contributed by atoms with Crippen LogP contribution in [0.4, 0.5) is 5.69 Å². The molecule has 12 rings (SSSR count). The van der Waals surface area contributed by atoms with Gasteiger partial charge in [0, 0.05) is 48.4 Å². The van der Waals surface area contributed by atoms with Crippen molar-refractivity contribution in [2.75, 3.05) is 5.43 Å². The summed E-state index contributed by atoms with van der Waals surface area (Å²) in [6.45, 7) is 0. The lowest BCUT2D eigenvalue weighted by atomic mass is 10.0. The highest BCUT2D eigenvalue weighted by atomic mass is 32.1. The van der Waals surface area contributed by atoms with Gasteiger partial charge in [0.15, 0.2) is 5.82 Å². The lowest BCUT2D eigenvalue weighted by molar-refractivity contribution is 1.06. The number of anilines is 1. The van der Waals surface area contributed by atoms with Crippen LogP contribution in [0.2, 0.25) is 0 Å². The molecule has 12 aromatic rings. The number of nitrogens with zero attached hydrogens (tertiary/aromatic N) is 4. The van der Waals surface area contributed by atoms with E-state index in [9.17, 15) is 5.41 Å². The van der Waals surface area contributed by atoms with Gasteiger partial charge in [0.05, 0.1) is 44.0 Å². The van der Waals surface area contributed by atoms with Crippen LogP contribution in [0.25, 0.3) is 93.0 Å². The van der Waals surface area contributed by atoms with Crippen LogP contribution in [-0.2, 0) is 0 Å². The number of thiophene rings is 1. The van der Waals surface area contributed by atoms with E-state index in [2.05, 4.69) is 178 Å². The lowest BCUT2D eigenvalue weighted by Gasteiger charge is -2.15. The average Bonchev–Trinajstić information content (AvgIpc) is 3.99. The molecule has 6 nitrogen and oxygen atoms in total. The Morgan fingerprint density at radius 3 is 1.68 bits per heavy atom. The summed E-state index contributed by atoms with van der Waals surface area (Å²) >= 11 is 1.58.